The van der Waals surface area contributed by atoms with Crippen molar-refractivity contribution in [3.8, 4) is 0 Å². The van der Waals surface area contributed by atoms with E-state index in [1.165, 1.54) is 41.4 Å². The van der Waals surface area contributed by atoms with Gasteiger partial charge in [0.15, 0.2) is 0 Å². The van der Waals surface area contributed by atoms with Crippen LogP contribution in [0.2, 0.25) is 0 Å². The number of para-hydroxylation sites is 1. The average Bonchev–Trinajstić information content (AvgIpc) is 2.94. The van der Waals surface area contributed by atoms with Crippen molar-refractivity contribution in [2.24, 2.45) is 0 Å². The summed E-state index contributed by atoms with van der Waals surface area (Å²) >= 11 is 5.84. The zero-order valence-electron chi connectivity index (χ0n) is 26.4. The zero-order valence-corrected chi connectivity index (χ0v) is 30.1. The molecule has 5 aromatic rings. The second kappa shape index (κ2) is 16.3. The second-order valence-electron chi connectivity index (χ2n) is 12.9. The van der Waals surface area contributed by atoms with E-state index in [1.807, 2.05) is 30.3 Å². The third-order valence-corrected chi connectivity index (χ3v) is 8.03. The van der Waals surface area contributed by atoms with Crippen LogP contribution in [0.4, 0.5) is 5.69 Å². The van der Waals surface area contributed by atoms with Gasteiger partial charge in [0, 0.05) is 13.7 Å². The molecular formula is C40H45BrIN. The first-order valence-electron chi connectivity index (χ1n) is 14.8. The van der Waals surface area contributed by atoms with E-state index in [4.69, 9.17) is 5.73 Å². The molecular weight excluding hydrogens is 701 g/mol. The SMILES string of the molecule is CC(C)(C)c1cc(Br)cc(I)c1.CC(C)(C)c1cc(Cc2ccccc2)cc(Cc2ccccc2)c1.Nc1ccccc1. The zero-order chi connectivity index (χ0) is 31.5. The monoisotopic (exact) mass is 745 g/mol. The molecule has 0 amide bonds. The van der Waals surface area contributed by atoms with E-state index in [0.29, 0.717) is 0 Å². The molecule has 2 N–H and O–H groups in total. The summed E-state index contributed by atoms with van der Waals surface area (Å²) in [6, 6.07) is 44.6. The lowest BCUT2D eigenvalue weighted by Crippen LogP contribution is -2.12. The normalized spacial score (nSPS) is 11.1. The Morgan fingerprint density at radius 2 is 0.907 bits per heavy atom. The minimum absolute atomic E-state index is 0.165. The van der Waals surface area contributed by atoms with Crippen LogP contribution in [0.5, 0.6) is 0 Å². The van der Waals surface area contributed by atoms with E-state index in [-0.39, 0.29) is 10.8 Å². The highest BCUT2D eigenvalue weighted by atomic mass is 127. The van der Waals surface area contributed by atoms with Crippen molar-refractivity contribution in [1.29, 1.82) is 0 Å². The van der Waals surface area contributed by atoms with Gasteiger partial charge in [0.25, 0.3) is 0 Å². The van der Waals surface area contributed by atoms with Crippen LogP contribution < -0.4 is 5.73 Å². The topological polar surface area (TPSA) is 26.0 Å². The maximum Gasteiger partial charge on any atom is 0.0313 e. The Morgan fingerprint density at radius 3 is 1.26 bits per heavy atom. The first-order valence-corrected chi connectivity index (χ1v) is 16.6. The first kappa shape index (κ1) is 34.6. The molecule has 0 heterocycles. The summed E-state index contributed by atoms with van der Waals surface area (Å²) in [5, 5.41) is 0. The third-order valence-electron chi connectivity index (χ3n) is 6.95. The van der Waals surface area contributed by atoms with Crippen molar-refractivity contribution in [2.75, 3.05) is 5.73 Å². The smallest absolute Gasteiger partial charge is 0.0313 e. The van der Waals surface area contributed by atoms with Gasteiger partial charge in [-0.3, -0.25) is 0 Å². The van der Waals surface area contributed by atoms with E-state index in [0.717, 1.165) is 18.5 Å². The van der Waals surface area contributed by atoms with Gasteiger partial charge in [-0.25, -0.2) is 0 Å². The number of benzene rings is 5. The highest BCUT2D eigenvalue weighted by Gasteiger charge is 2.16. The van der Waals surface area contributed by atoms with Gasteiger partial charge < -0.3 is 5.73 Å². The number of nitrogen functional groups attached to an aromatic ring is 1. The Labute approximate surface area is 282 Å². The minimum Gasteiger partial charge on any atom is -0.399 e. The Hall–Kier alpha value is -2.89. The van der Waals surface area contributed by atoms with Crippen molar-refractivity contribution in [3.05, 3.63) is 169 Å². The molecule has 0 aliphatic heterocycles. The summed E-state index contributed by atoms with van der Waals surface area (Å²) in [7, 11) is 0. The summed E-state index contributed by atoms with van der Waals surface area (Å²) < 4.78 is 2.45. The number of hydrogen-bond donors (Lipinski definition) is 1. The maximum atomic E-state index is 5.36. The maximum absolute atomic E-state index is 5.36. The molecule has 0 unspecified atom stereocenters. The van der Waals surface area contributed by atoms with Gasteiger partial charge in [-0.15, -0.1) is 0 Å². The molecule has 0 fully saturated rings. The van der Waals surface area contributed by atoms with Gasteiger partial charge in [-0.1, -0.05) is 155 Å². The van der Waals surface area contributed by atoms with Crippen LogP contribution in [0.3, 0.4) is 0 Å². The molecule has 0 aliphatic rings. The van der Waals surface area contributed by atoms with Crippen LogP contribution in [-0.4, -0.2) is 0 Å². The van der Waals surface area contributed by atoms with Gasteiger partial charge >= 0.3 is 0 Å². The van der Waals surface area contributed by atoms with E-state index < -0.39 is 0 Å². The van der Waals surface area contributed by atoms with Crippen molar-refractivity contribution >= 4 is 44.2 Å². The van der Waals surface area contributed by atoms with E-state index in [2.05, 4.69) is 177 Å². The predicted molar refractivity (Wildman–Crippen MR) is 200 cm³/mol. The van der Waals surface area contributed by atoms with Gasteiger partial charge in [-0.2, -0.15) is 0 Å². The first-order chi connectivity index (χ1) is 20.3. The second-order valence-corrected chi connectivity index (χ2v) is 15.1. The standard InChI is InChI=1S/C24H26.C10H12BrI.C6H7N/c1-24(2,3)23-17-21(14-19-10-6-4-7-11-19)16-22(18-23)15-20-12-8-5-9-13-20;1-10(2,3)7-4-8(11)6-9(12)5-7;7-6-4-2-1-3-5-6/h4-13,16-18H,14-15H2,1-3H3;4-6H,1-3H3;1-5H,7H2. The Kier molecular flexibility index (Phi) is 13.1. The highest BCUT2D eigenvalue weighted by molar-refractivity contribution is 14.1. The van der Waals surface area contributed by atoms with Crippen LogP contribution in [-0.2, 0) is 23.7 Å². The van der Waals surface area contributed by atoms with Crippen LogP contribution in [0.15, 0.2) is 132 Å². The van der Waals surface area contributed by atoms with Crippen LogP contribution in [0.1, 0.15) is 74.9 Å². The highest BCUT2D eigenvalue weighted by Crippen LogP contribution is 2.28. The number of nitrogens with two attached hydrogens (primary N) is 1. The molecule has 43 heavy (non-hydrogen) atoms. The molecule has 1 nitrogen and oxygen atoms in total. The quantitative estimate of drug-likeness (QED) is 0.144. The molecule has 0 radical (unpaired) electrons. The fraction of sp³-hybridized carbons (Fsp3) is 0.250. The van der Waals surface area contributed by atoms with Crippen molar-refractivity contribution < 1.29 is 0 Å². The number of anilines is 1. The molecule has 0 atom stereocenters. The number of hydrogen-bond acceptors (Lipinski definition) is 1. The third kappa shape index (κ3) is 12.7. The summed E-state index contributed by atoms with van der Waals surface area (Å²) in [6.07, 6.45) is 1.99. The molecule has 224 valence electrons. The van der Waals surface area contributed by atoms with E-state index >= 15 is 0 Å². The lowest BCUT2D eigenvalue weighted by molar-refractivity contribution is 0.588. The molecule has 3 heteroatoms. The van der Waals surface area contributed by atoms with Crippen molar-refractivity contribution in [3.63, 3.8) is 0 Å². The Bertz CT molecular complexity index is 1450. The molecule has 0 saturated heterocycles. The lowest BCUT2D eigenvalue weighted by Gasteiger charge is -2.21. The predicted octanol–water partition coefficient (Wildman–Crippen LogP) is 11.8. The van der Waals surface area contributed by atoms with Crippen molar-refractivity contribution in [1.82, 2.24) is 0 Å². The summed E-state index contributed by atoms with van der Waals surface area (Å²) in [5.41, 5.74) is 14.9. The Morgan fingerprint density at radius 1 is 0.512 bits per heavy atom. The minimum atomic E-state index is 0.165. The molecule has 5 aromatic carbocycles. The molecule has 0 aromatic heterocycles. The number of halogens is 2. The average molecular weight is 747 g/mol. The molecule has 0 spiro atoms. The van der Waals surface area contributed by atoms with Crippen LogP contribution in [0.25, 0.3) is 0 Å². The molecule has 0 aliphatic carbocycles. The Balaban J connectivity index is 0.000000219. The van der Waals surface area contributed by atoms with Gasteiger partial charge in [0.05, 0.1) is 0 Å². The molecule has 0 bridgehead atoms. The lowest BCUT2D eigenvalue weighted by atomic mass is 9.83. The van der Waals surface area contributed by atoms with E-state index in [1.54, 1.807) is 0 Å². The summed E-state index contributed by atoms with van der Waals surface area (Å²) in [6.45, 7) is 13.6. The summed E-state index contributed by atoms with van der Waals surface area (Å²) in [5.74, 6) is 0. The molecule has 5 rings (SSSR count). The van der Waals surface area contributed by atoms with Gasteiger partial charge in [0.2, 0.25) is 0 Å². The van der Waals surface area contributed by atoms with Gasteiger partial charge in [0.1, 0.15) is 0 Å². The summed E-state index contributed by atoms with van der Waals surface area (Å²) in [4.78, 5) is 0. The largest absolute Gasteiger partial charge is 0.399 e. The van der Waals surface area contributed by atoms with Crippen LogP contribution >= 0.6 is 38.5 Å². The molecule has 0 saturated carbocycles. The van der Waals surface area contributed by atoms with Crippen LogP contribution in [0, 0.1) is 3.57 Å². The van der Waals surface area contributed by atoms with E-state index in [9.17, 15) is 0 Å². The van der Waals surface area contributed by atoms with Gasteiger partial charge in [-0.05, 0) is 110 Å². The fourth-order valence-electron chi connectivity index (χ4n) is 4.50. The van der Waals surface area contributed by atoms with Crippen molar-refractivity contribution in [2.45, 2.75) is 65.2 Å². The fourth-order valence-corrected chi connectivity index (χ4v) is 6.09. The number of rotatable bonds is 4.